The molecule has 3 heterocycles. The van der Waals surface area contributed by atoms with Crippen LogP contribution in [0.5, 0.6) is 0 Å². The number of nitrogens with zero attached hydrogens (tertiary/aromatic N) is 3. The minimum absolute atomic E-state index is 0.0706. The van der Waals surface area contributed by atoms with Crippen molar-refractivity contribution in [2.24, 2.45) is 5.41 Å². The number of benzene rings is 1. The third-order valence-electron chi connectivity index (χ3n) is 6.14. The highest BCUT2D eigenvalue weighted by molar-refractivity contribution is 6.01. The Balaban J connectivity index is 1.75. The van der Waals surface area contributed by atoms with Crippen LogP contribution in [-0.2, 0) is 4.79 Å². The molecule has 30 heavy (non-hydrogen) atoms. The Kier molecular flexibility index (Phi) is 4.17. The summed E-state index contributed by atoms with van der Waals surface area (Å²) in [5, 5.41) is 8.49. The summed E-state index contributed by atoms with van der Waals surface area (Å²) in [6.07, 6.45) is 3.18. The van der Waals surface area contributed by atoms with Gasteiger partial charge in [0.05, 0.1) is 23.0 Å². The number of rotatable bonds is 2. The lowest BCUT2D eigenvalue weighted by Crippen LogP contribution is -2.34. The van der Waals surface area contributed by atoms with Crippen LogP contribution in [0, 0.1) is 19.3 Å². The third kappa shape index (κ3) is 2.96. The van der Waals surface area contributed by atoms with Crippen molar-refractivity contribution in [2.75, 3.05) is 5.32 Å². The third-order valence-corrected chi connectivity index (χ3v) is 6.14. The van der Waals surface area contributed by atoms with E-state index in [2.05, 4.69) is 55.3 Å². The van der Waals surface area contributed by atoms with Crippen molar-refractivity contribution in [1.29, 1.82) is 0 Å². The first-order valence-electron chi connectivity index (χ1n) is 10.4. The van der Waals surface area contributed by atoms with E-state index >= 15 is 0 Å². The predicted molar refractivity (Wildman–Crippen MR) is 118 cm³/mol. The second-order valence-electron chi connectivity index (χ2n) is 9.24. The highest BCUT2D eigenvalue weighted by Gasteiger charge is 2.43. The van der Waals surface area contributed by atoms with Crippen LogP contribution in [0.25, 0.3) is 5.69 Å². The van der Waals surface area contributed by atoms with Crippen LogP contribution in [0.15, 0.2) is 59.9 Å². The van der Waals surface area contributed by atoms with Crippen LogP contribution in [0.4, 0.5) is 5.82 Å². The van der Waals surface area contributed by atoms with Crippen molar-refractivity contribution in [3.8, 4) is 5.69 Å². The Hall–Kier alpha value is -3.21. The summed E-state index contributed by atoms with van der Waals surface area (Å²) >= 11 is 0. The number of Topliss-reactive ketones (excluding diaryl/α,β-unsaturated/α-hetero) is 1. The van der Waals surface area contributed by atoms with E-state index in [0.717, 1.165) is 46.1 Å². The Morgan fingerprint density at radius 1 is 1.07 bits per heavy atom. The number of hydrogen-bond donors (Lipinski definition) is 1. The Morgan fingerprint density at radius 3 is 2.53 bits per heavy atom. The zero-order chi connectivity index (χ0) is 21.0. The summed E-state index contributed by atoms with van der Waals surface area (Å²) in [4.78, 5) is 18.0. The summed E-state index contributed by atoms with van der Waals surface area (Å²) in [6, 6.07) is 14.3. The van der Waals surface area contributed by atoms with Crippen LogP contribution in [0.1, 0.15) is 55.1 Å². The highest BCUT2D eigenvalue weighted by atomic mass is 16.1. The van der Waals surface area contributed by atoms with E-state index in [1.807, 2.05) is 29.8 Å². The number of fused-ring (bicyclic) bond motifs is 1. The number of anilines is 1. The van der Waals surface area contributed by atoms with Gasteiger partial charge in [-0.05, 0) is 49.9 Å². The van der Waals surface area contributed by atoms with Crippen molar-refractivity contribution in [2.45, 2.75) is 46.5 Å². The zero-order valence-electron chi connectivity index (χ0n) is 17.9. The van der Waals surface area contributed by atoms with Crippen molar-refractivity contribution >= 4 is 11.6 Å². The molecule has 1 aromatic carbocycles. The standard InChI is InChI=1S/C25H26N4O/c1-15-8-10-17(11-9-15)29-24-21(16(2)28-29)23(18-7-5-6-12-26-18)22-19(27-24)13-25(3,4)14-20(22)30/h5-12,23,27H,13-14H2,1-4H3/t23-/m1/s1. The lowest BCUT2D eigenvalue weighted by molar-refractivity contribution is -0.118. The highest BCUT2D eigenvalue weighted by Crippen LogP contribution is 2.49. The summed E-state index contributed by atoms with van der Waals surface area (Å²) in [5.74, 6) is 0.953. The van der Waals surface area contributed by atoms with E-state index < -0.39 is 0 Å². The lowest BCUT2D eigenvalue weighted by atomic mass is 9.70. The largest absolute Gasteiger partial charge is 0.343 e. The number of carbonyl (C=O) groups excluding carboxylic acids is 1. The molecule has 5 nitrogen and oxygen atoms in total. The summed E-state index contributed by atoms with van der Waals surface area (Å²) in [5.41, 5.74) is 6.85. The van der Waals surface area contributed by atoms with Crippen LogP contribution in [0.2, 0.25) is 0 Å². The fourth-order valence-corrected chi connectivity index (χ4v) is 4.79. The molecule has 1 aliphatic heterocycles. The Bertz CT molecular complexity index is 1170. The van der Waals surface area contributed by atoms with Gasteiger partial charge in [-0.2, -0.15) is 5.10 Å². The first-order valence-corrected chi connectivity index (χ1v) is 10.4. The average Bonchev–Trinajstić information content (AvgIpc) is 3.03. The Labute approximate surface area is 176 Å². The predicted octanol–water partition coefficient (Wildman–Crippen LogP) is 5.08. The molecule has 0 spiro atoms. The number of pyridine rings is 1. The van der Waals surface area contributed by atoms with Crippen molar-refractivity contribution in [3.63, 3.8) is 0 Å². The maximum absolute atomic E-state index is 13.3. The van der Waals surface area contributed by atoms with Crippen molar-refractivity contribution in [1.82, 2.24) is 14.8 Å². The molecular formula is C25H26N4O. The molecule has 0 amide bonds. The number of hydrogen-bond acceptors (Lipinski definition) is 4. The molecule has 1 N–H and O–H groups in total. The number of ketones is 1. The quantitative estimate of drug-likeness (QED) is 0.654. The molecule has 152 valence electrons. The van der Waals surface area contributed by atoms with E-state index in [1.165, 1.54) is 5.56 Å². The number of allylic oxidation sites excluding steroid dienone is 2. The SMILES string of the molecule is Cc1ccc(-n2nc(C)c3c2NC2=C(C(=O)CC(C)(C)C2)[C@@H]3c2ccccn2)cc1. The van der Waals surface area contributed by atoms with Crippen LogP contribution in [0.3, 0.4) is 0 Å². The lowest BCUT2D eigenvalue weighted by Gasteiger charge is -2.38. The summed E-state index contributed by atoms with van der Waals surface area (Å²) in [6.45, 7) is 8.41. The number of carbonyl (C=O) groups is 1. The summed E-state index contributed by atoms with van der Waals surface area (Å²) < 4.78 is 1.97. The number of aromatic nitrogens is 3. The normalized spacial score (nSPS) is 19.9. The van der Waals surface area contributed by atoms with E-state index in [0.29, 0.717) is 6.42 Å². The molecule has 0 radical (unpaired) electrons. The molecular weight excluding hydrogens is 372 g/mol. The topological polar surface area (TPSA) is 59.8 Å². The number of nitrogens with one attached hydrogen (secondary N) is 1. The molecule has 0 bridgehead atoms. The van der Waals surface area contributed by atoms with Crippen LogP contribution in [-0.4, -0.2) is 20.5 Å². The first kappa shape index (κ1) is 18.8. The van der Waals surface area contributed by atoms with Gasteiger partial charge in [0.2, 0.25) is 0 Å². The molecule has 1 atom stereocenters. The van der Waals surface area contributed by atoms with Crippen molar-refractivity contribution < 1.29 is 4.79 Å². The van der Waals surface area contributed by atoms with E-state index in [1.54, 1.807) is 6.20 Å². The van der Waals surface area contributed by atoms with Crippen LogP contribution < -0.4 is 5.32 Å². The van der Waals surface area contributed by atoms with Gasteiger partial charge in [-0.1, -0.05) is 37.6 Å². The van der Waals surface area contributed by atoms with Crippen molar-refractivity contribution in [3.05, 3.63) is 82.4 Å². The monoisotopic (exact) mass is 398 g/mol. The maximum Gasteiger partial charge on any atom is 0.162 e. The second kappa shape index (κ2) is 6.66. The minimum atomic E-state index is -0.194. The number of aryl methyl sites for hydroxylation is 2. The van der Waals surface area contributed by atoms with Gasteiger partial charge >= 0.3 is 0 Å². The van der Waals surface area contributed by atoms with Crippen LogP contribution >= 0.6 is 0 Å². The van der Waals surface area contributed by atoms with Gasteiger partial charge in [0.15, 0.2) is 5.78 Å². The second-order valence-corrected chi connectivity index (χ2v) is 9.24. The fourth-order valence-electron chi connectivity index (χ4n) is 4.79. The molecule has 1 aliphatic carbocycles. The molecule has 2 aliphatic rings. The molecule has 5 rings (SSSR count). The molecule has 0 saturated heterocycles. The maximum atomic E-state index is 13.3. The van der Waals surface area contributed by atoms with Gasteiger partial charge in [0, 0.05) is 29.5 Å². The van der Waals surface area contributed by atoms with Gasteiger partial charge in [-0.15, -0.1) is 0 Å². The fraction of sp³-hybridized carbons (Fsp3) is 0.320. The smallest absolute Gasteiger partial charge is 0.162 e. The average molecular weight is 399 g/mol. The van der Waals surface area contributed by atoms with Gasteiger partial charge < -0.3 is 5.32 Å². The molecule has 5 heteroatoms. The molecule has 0 fully saturated rings. The first-order chi connectivity index (χ1) is 14.3. The van der Waals surface area contributed by atoms with E-state index in [4.69, 9.17) is 5.10 Å². The van der Waals surface area contributed by atoms with Gasteiger partial charge in [0.25, 0.3) is 0 Å². The molecule has 0 saturated carbocycles. The molecule has 3 aromatic rings. The zero-order valence-corrected chi connectivity index (χ0v) is 17.9. The van der Waals surface area contributed by atoms with Gasteiger partial charge in [0.1, 0.15) is 5.82 Å². The van der Waals surface area contributed by atoms with E-state index in [-0.39, 0.29) is 17.1 Å². The molecule has 2 aromatic heterocycles. The van der Waals surface area contributed by atoms with Gasteiger partial charge in [-0.3, -0.25) is 9.78 Å². The van der Waals surface area contributed by atoms with Gasteiger partial charge in [-0.25, -0.2) is 4.68 Å². The minimum Gasteiger partial charge on any atom is -0.343 e. The summed E-state index contributed by atoms with van der Waals surface area (Å²) in [7, 11) is 0. The Morgan fingerprint density at radius 2 is 1.83 bits per heavy atom. The van der Waals surface area contributed by atoms with E-state index in [9.17, 15) is 4.79 Å². The molecule has 0 unspecified atom stereocenters.